The van der Waals surface area contributed by atoms with Gasteiger partial charge in [0.2, 0.25) is 0 Å². The van der Waals surface area contributed by atoms with Crippen LogP contribution in [0.1, 0.15) is 11.1 Å². The Balaban J connectivity index is 2.14. The normalized spacial score (nSPS) is 10.7. The summed E-state index contributed by atoms with van der Waals surface area (Å²) < 4.78 is 15.6. The zero-order chi connectivity index (χ0) is 16.7. The molecule has 0 amide bonds. The van der Waals surface area contributed by atoms with Gasteiger partial charge in [-0.1, -0.05) is 18.2 Å². The minimum atomic E-state index is -0.420. The van der Waals surface area contributed by atoms with Crippen molar-refractivity contribution in [2.75, 3.05) is 21.0 Å². The lowest BCUT2D eigenvalue weighted by atomic mass is 10.1. The first-order chi connectivity index (χ1) is 11.1. The summed E-state index contributed by atoms with van der Waals surface area (Å²) in [6.07, 6.45) is 3.76. The highest BCUT2D eigenvalue weighted by molar-refractivity contribution is 5.71. The number of nitro groups is 1. The van der Waals surface area contributed by atoms with Crippen LogP contribution in [0.25, 0.3) is 12.2 Å². The van der Waals surface area contributed by atoms with Crippen LogP contribution in [0.5, 0.6) is 11.5 Å². The quantitative estimate of drug-likeness (QED) is 0.337. The second kappa shape index (κ2) is 7.95. The smallest absolute Gasteiger partial charge is 0.269 e. The highest BCUT2D eigenvalue weighted by atomic mass is 16.7. The van der Waals surface area contributed by atoms with Crippen molar-refractivity contribution >= 4 is 17.8 Å². The van der Waals surface area contributed by atoms with Gasteiger partial charge in [-0.3, -0.25) is 10.1 Å². The molecule has 0 atom stereocenters. The lowest BCUT2D eigenvalue weighted by molar-refractivity contribution is -0.384. The van der Waals surface area contributed by atoms with E-state index in [1.54, 1.807) is 32.4 Å². The van der Waals surface area contributed by atoms with Gasteiger partial charge in [0.15, 0.2) is 18.3 Å². The van der Waals surface area contributed by atoms with Crippen molar-refractivity contribution < 1.29 is 19.1 Å². The molecule has 0 saturated carbocycles. The molecule has 6 nitrogen and oxygen atoms in total. The van der Waals surface area contributed by atoms with Gasteiger partial charge in [0.1, 0.15) is 0 Å². The summed E-state index contributed by atoms with van der Waals surface area (Å²) in [5.74, 6) is 1.20. The van der Waals surface area contributed by atoms with Crippen LogP contribution in [0.15, 0.2) is 42.5 Å². The first-order valence-electron chi connectivity index (χ1n) is 6.86. The molecule has 0 heterocycles. The van der Waals surface area contributed by atoms with E-state index in [0.29, 0.717) is 11.5 Å². The number of nitrogens with zero attached hydrogens (tertiary/aromatic N) is 1. The summed E-state index contributed by atoms with van der Waals surface area (Å²) in [5, 5.41) is 10.6. The summed E-state index contributed by atoms with van der Waals surface area (Å²) in [7, 11) is 3.12. The van der Waals surface area contributed by atoms with Gasteiger partial charge in [-0.25, -0.2) is 0 Å². The van der Waals surface area contributed by atoms with Crippen molar-refractivity contribution in [3.63, 3.8) is 0 Å². The van der Waals surface area contributed by atoms with Crippen LogP contribution in [0.2, 0.25) is 0 Å². The second-order valence-electron chi connectivity index (χ2n) is 4.64. The van der Waals surface area contributed by atoms with E-state index in [1.165, 1.54) is 12.1 Å². The maximum Gasteiger partial charge on any atom is 0.269 e. The molecule has 0 aromatic heterocycles. The third kappa shape index (κ3) is 4.55. The predicted molar refractivity (Wildman–Crippen MR) is 87.5 cm³/mol. The summed E-state index contributed by atoms with van der Waals surface area (Å²) >= 11 is 0. The van der Waals surface area contributed by atoms with E-state index in [1.807, 2.05) is 24.3 Å². The number of nitro benzene ring substituents is 1. The Labute approximate surface area is 134 Å². The van der Waals surface area contributed by atoms with Crippen LogP contribution in [-0.4, -0.2) is 25.9 Å². The third-order valence-electron chi connectivity index (χ3n) is 3.09. The van der Waals surface area contributed by atoms with Gasteiger partial charge >= 0.3 is 0 Å². The van der Waals surface area contributed by atoms with Gasteiger partial charge in [-0.2, -0.15) is 0 Å². The van der Waals surface area contributed by atoms with E-state index in [2.05, 4.69) is 0 Å². The molecule has 0 aliphatic carbocycles. The molecule has 0 aliphatic rings. The number of rotatable bonds is 7. The number of hydrogen-bond acceptors (Lipinski definition) is 5. The van der Waals surface area contributed by atoms with Gasteiger partial charge in [0, 0.05) is 19.2 Å². The van der Waals surface area contributed by atoms with Crippen molar-refractivity contribution in [2.45, 2.75) is 0 Å². The van der Waals surface area contributed by atoms with Crippen molar-refractivity contribution in [1.29, 1.82) is 0 Å². The van der Waals surface area contributed by atoms with Crippen LogP contribution in [-0.2, 0) is 4.74 Å². The number of non-ortho nitro benzene ring substituents is 1. The van der Waals surface area contributed by atoms with E-state index in [9.17, 15) is 10.1 Å². The molecule has 2 aromatic carbocycles. The average Bonchev–Trinajstić information content (AvgIpc) is 2.58. The fraction of sp³-hybridized carbons (Fsp3) is 0.176. The molecule has 0 N–H and O–H groups in total. The molecule has 0 saturated heterocycles. The van der Waals surface area contributed by atoms with E-state index in [-0.39, 0.29) is 12.5 Å². The number of hydrogen-bond donors (Lipinski definition) is 0. The molecule has 0 spiro atoms. The largest absolute Gasteiger partial charge is 0.493 e. The Hall–Kier alpha value is -2.86. The van der Waals surface area contributed by atoms with Crippen LogP contribution in [0.3, 0.4) is 0 Å². The van der Waals surface area contributed by atoms with Gasteiger partial charge in [0.05, 0.1) is 12.0 Å². The van der Waals surface area contributed by atoms with Gasteiger partial charge < -0.3 is 14.2 Å². The van der Waals surface area contributed by atoms with Crippen molar-refractivity contribution in [3.8, 4) is 11.5 Å². The first kappa shape index (κ1) is 16.5. The zero-order valence-electron chi connectivity index (χ0n) is 12.9. The standard InChI is InChI=1S/C17H17NO5/c1-21-12-23-16-10-7-14(11-17(16)22-2)4-3-13-5-8-15(9-6-13)18(19)20/h3-11H,12H2,1-2H3. The molecule has 120 valence electrons. The molecule has 0 fully saturated rings. The van der Waals surface area contributed by atoms with Gasteiger partial charge in [-0.05, 0) is 35.4 Å². The molecule has 6 heteroatoms. The fourth-order valence-corrected chi connectivity index (χ4v) is 1.93. The lowest BCUT2D eigenvalue weighted by Crippen LogP contribution is -2.00. The van der Waals surface area contributed by atoms with E-state index < -0.39 is 4.92 Å². The summed E-state index contributed by atoms with van der Waals surface area (Å²) in [6.45, 7) is 0.147. The van der Waals surface area contributed by atoms with Crippen LogP contribution >= 0.6 is 0 Å². The summed E-state index contributed by atoms with van der Waals surface area (Å²) in [5.41, 5.74) is 1.86. The van der Waals surface area contributed by atoms with Crippen LogP contribution < -0.4 is 9.47 Å². The zero-order valence-corrected chi connectivity index (χ0v) is 12.9. The molecule has 0 radical (unpaired) electrons. The maximum absolute atomic E-state index is 10.6. The minimum Gasteiger partial charge on any atom is -0.493 e. The van der Waals surface area contributed by atoms with Crippen LogP contribution in [0, 0.1) is 10.1 Å². The summed E-state index contributed by atoms with van der Waals surface area (Å²) in [6, 6.07) is 11.9. The Morgan fingerprint density at radius 3 is 2.26 bits per heavy atom. The molecular formula is C17H17NO5. The monoisotopic (exact) mass is 315 g/mol. The van der Waals surface area contributed by atoms with Gasteiger partial charge in [-0.15, -0.1) is 0 Å². The molecular weight excluding hydrogens is 298 g/mol. The fourth-order valence-electron chi connectivity index (χ4n) is 1.93. The van der Waals surface area contributed by atoms with E-state index in [0.717, 1.165) is 11.1 Å². The molecule has 0 aliphatic heterocycles. The maximum atomic E-state index is 10.6. The topological polar surface area (TPSA) is 70.8 Å². The number of benzene rings is 2. The van der Waals surface area contributed by atoms with E-state index >= 15 is 0 Å². The average molecular weight is 315 g/mol. The Bertz CT molecular complexity index is 695. The molecule has 2 aromatic rings. The Kier molecular flexibility index (Phi) is 5.71. The Morgan fingerprint density at radius 1 is 1.00 bits per heavy atom. The number of methoxy groups -OCH3 is 2. The van der Waals surface area contributed by atoms with Gasteiger partial charge in [0.25, 0.3) is 5.69 Å². The minimum absolute atomic E-state index is 0.0727. The van der Waals surface area contributed by atoms with Crippen molar-refractivity contribution in [3.05, 3.63) is 63.7 Å². The molecule has 0 bridgehead atoms. The summed E-state index contributed by atoms with van der Waals surface area (Å²) in [4.78, 5) is 10.2. The molecule has 0 unspecified atom stereocenters. The Morgan fingerprint density at radius 2 is 1.65 bits per heavy atom. The highest BCUT2D eigenvalue weighted by Crippen LogP contribution is 2.28. The highest BCUT2D eigenvalue weighted by Gasteiger charge is 2.05. The lowest BCUT2D eigenvalue weighted by Gasteiger charge is -2.10. The molecule has 23 heavy (non-hydrogen) atoms. The number of ether oxygens (including phenoxy) is 3. The SMILES string of the molecule is COCOc1ccc(C=Cc2ccc([N+](=O)[O-])cc2)cc1OC. The van der Waals surface area contributed by atoms with Crippen molar-refractivity contribution in [1.82, 2.24) is 0 Å². The molecule has 2 rings (SSSR count). The van der Waals surface area contributed by atoms with Crippen molar-refractivity contribution in [2.24, 2.45) is 0 Å². The third-order valence-corrected chi connectivity index (χ3v) is 3.09. The first-order valence-corrected chi connectivity index (χ1v) is 6.86. The predicted octanol–water partition coefficient (Wildman–Crippen LogP) is 3.76. The van der Waals surface area contributed by atoms with E-state index in [4.69, 9.17) is 14.2 Å². The van der Waals surface area contributed by atoms with Crippen LogP contribution in [0.4, 0.5) is 5.69 Å². The second-order valence-corrected chi connectivity index (χ2v) is 4.64.